The maximum Gasteiger partial charge on any atom is 0.184 e. The Morgan fingerprint density at radius 2 is 1.94 bits per heavy atom. The van der Waals surface area contributed by atoms with Crippen molar-refractivity contribution in [3.8, 4) is 0 Å². The first-order valence-corrected chi connectivity index (χ1v) is 6.73. The van der Waals surface area contributed by atoms with Crippen LogP contribution in [0.25, 0.3) is 0 Å². The van der Waals surface area contributed by atoms with Crippen LogP contribution in [-0.2, 0) is 9.84 Å². The molecular formula is C11H13FO3S. The van der Waals surface area contributed by atoms with Crippen LogP contribution in [0, 0.1) is 5.82 Å². The van der Waals surface area contributed by atoms with Gasteiger partial charge in [0.2, 0.25) is 0 Å². The van der Waals surface area contributed by atoms with Crippen LogP contribution in [0.15, 0.2) is 29.2 Å². The number of halogens is 1. The predicted octanol–water partition coefficient (Wildman–Crippen LogP) is 1.51. The van der Waals surface area contributed by atoms with Crippen LogP contribution in [-0.4, -0.2) is 24.9 Å². The van der Waals surface area contributed by atoms with Gasteiger partial charge in [-0.05, 0) is 31.4 Å². The Morgan fingerprint density at radius 3 is 2.50 bits per heavy atom. The molecule has 2 unspecified atom stereocenters. The van der Waals surface area contributed by atoms with Crippen molar-refractivity contribution < 1.29 is 17.9 Å². The van der Waals surface area contributed by atoms with Gasteiger partial charge in [-0.2, -0.15) is 0 Å². The molecule has 2 atom stereocenters. The Morgan fingerprint density at radius 1 is 1.25 bits per heavy atom. The van der Waals surface area contributed by atoms with E-state index in [1.165, 1.54) is 18.2 Å². The highest BCUT2D eigenvalue weighted by Gasteiger charge is 2.35. The van der Waals surface area contributed by atoms with Crippen molar-refractivity contribution in [2.24, 2.45) is 0 Å². The molecule has 1 aromatic carbocycles. The fraction of sp³-hybridized carbons (Fsp3) is 0.455. The van der Waals surface area contributed by atoms with Crippen LogP contribution >= 0.6 is 0 Å². The molecule has 0 aliphatic heterocycles. The van der Waals surface area contributed by atoms with E-state index in [0.717, 1.165) is 6.07 Å². The normalized spacial score (nSPS) is 25.9. The summed E-state index contributed by atoms with van der Waals surface area (Å²) in [7, 11) is -3.64. The van der Waals surface area contributed by atoms with Crippen LogP contribution in [0.1, 0.15) is 19.3 Å². The van der Waals surface area contributed by atoms with Gasteiger partial charge < -0.3 is 5.11 Å². The molecule has 2 rings (SSSR count). The van der Waals surface area contributed by atoms with Crippen molar-refractivity contribution in [3.63, 3.8) is 0 Å². The van der Waals surface area contributed by atoms with Gasteiger partial charge in [-0.25, -0.2) is 12.8 Å². The number of sulfone groups is 1. The van der Waals surface area contributed by atoms with Crippen molar-refractivity contribution in [2.45, 2.75) is 35.5 Å². The Kier molecular flexibility index (Phi) is 2.99. The van der Waals surface area contributed by atoms with Gasteiger partial charge in [-0.3, -0.25) is 0 Å². The first-order valence-electron chi connectivity index (χ1n) is 5.18. The monoisotopic (exact) mass is 244 g/mol. The molecule has 0 aromatic heterocycles. The lowest BCUT2D eigenvalue weighted by Crippen LogP contribution is -2.20. The number of rotatable bonds is 2. The van der Waals surface area contributed by atoms with Crippen molar-refractivity contribution >= 4 is 9.84 Å². The van der Waals surface area contributed by atoms with Crippen molar-refractivity contribution in [3.05, 3.63) is 30.1 Å². The summed E-state index contributed by atoms with van der Waals surface area (Å²) in [5.41, 5.74) is 0. The van der Waals surface area contributed by atoms with Crippen LogP contribution < -0.4 is 0 Å². The maximum atomic E-state index is 13.4. The lowest BCUT2D eigenvalue weighted by atomic mass is 10.3. The molecule has 0 radical (unpaired) electrons. The second kappa shape index (κ2) is 4.14. The number of hydrogen-bond donors (Lipinski definition) is 1. The molecule has 0 spiro atoms. The molecule has 0 amide bonds. The summed E-state index contributed by atoms with van der Waals surface area (Å²) in [6, 6.07) is 5.37. The highest BCUT2D eigenvalue weighted by molar-refractivity contribution is 7.92. The van der Waals surface area contributed by atoms with E-state index < -0.39 is 27.0 Å². The lowest BCUT2D eigenvalue weighted by Gasteiger charge is -2.11. The fourth-order valence-electron chi connectivity index (χ4n) is 2.05. The molecule has 1 saturated carbocycles. The molecule has 0 saturated heterocycles. The summed E-state index contributed by atoms with van der Waals surface area (Å²) in [6.07, 6.45) is 0.499. The van der Waals surface area contributed by atoms with E-state index >= 15 is 0 Å². The van der Waals surface area contributed by atoms with E-state index in [1.807, 2.05) is 0 Å². The second-order valence-corrected chi connectivity index (χ2v) is 6.26. The SMILES string of the molecule is O=S(=O)(c1ccccc1F)C1CCC(O)C1. The smallest absolute Gasteiger partial charge is 0.184 e. The molecule has 1 aliphatic rings. The van der Waals surface area contributed by atoms with Gasteiger partial charge in [-0.1, -0.05) is 12.1 Å². The molecule has 88 valence electrons. The minimum absolute atomic E-state index is 0.205. The van der Waals surface area contributed by atoms with Crippen molar-refractivity contribution in [1.82, 2.24) is 0 Å². The standard InChI is InChI=1S/C11H13FO3S/c12-10-3-1-2-4-11(10)16(14,15)9-6-5-8(13)7-9/h1-4,8-9,13H,5-7H2. The van der Waals surface area contributed by atoms with Crippen molar-refractivity contribution in [2.75, 3.05) is 0 Å². The van der Waals surface area contributed by atoms with Gasteiger partial charge in [0.25, 0.3) is 0 Å². The fourth-order valence-corrected chi connectivity index (χ4v) is 3.94. The molecule has 0 bridgehead atoms. The lowest BCUT2D eigenvalue weighted by molar-refractivity contribution is 0.183. The Hall–Kier alpha value is -0.940. The summed E-state index contributed by atoms with van der Waals surface area (Å²) in [4.78, 5) is -0.255. The summed E-state index contributed by atoms with van der Waals surface area (Å²) in [5, 5.41) is 8.67. The zero-order valence-corrected chi connectivity index (χ0v) is 9.45. The zero-order valence-electron chi connectivity index (χ0n) is 8.64. The quantitative estimate of drug-likeness (QED) is 0.858. The summed E-state index contributed by atoms with van der Waals surface area (Å²) >= 11 is 0. The summed E-state index contributed by atoms with van der Waals surface area (Å²) < 4.78 is 37.5. The Labute approximate surface area is 93.8 Å². The van der Waals surface area contributed by atoms with E-state index in [-0.39, 0.29) is 11.3 Å². The average molecular weight is 244 g/mol. The highest BCUT2D eigenvalue weighted by Crippen LogP contribution is 2.30. The van der Waals surface area contributed by atoms with E-state index in [9.17, 15) is 17.9 Å². The molecule has 0 heterocycles. The third kappa shape index (κ3) is 1.97. The van der Waals surface area contributed by atoms with E-state index in [0.29, 0.717) is 12.8 Å². The van der Waals surface area contributed by atoms with Crippen LogP contribution in [0.3, 0.4) is 0 Å². The van der Waals surface area contributed by atoms with Gasteiger partial charge in [0.15, 0.2) is 9.84 Å². The third-order valence-corrected chi connectivity index (χ3v) is 5.19. The molecule has 16 heavy (non-hydrogen) atoms. The average Bonchev–Trinajstić information content (AvgIpc) is 2.66. The minimum Gasteiger partial charge on any atom is -0.393 e. The van der Waals surface area contributed by atoms with Gasteiger partial charge in [0.1, 0.15) is 10.7 Å². The van der Waals surface area contributed by atoms with Gasteiger partial charge >= 0.3 is 0 Å². The largest absolute Gasteiger partial charge is 0.393 e. The predicted molar refractivity (Wildman–Crippen MR) is 57.2 cm³/mol. The van der Waals surface area contributed by atoms with E-state index in [1.54, 1.807) is 0 Å². The number of benzene rings is 1. The van der Waals surface area contributed by atoms with E-state index in [2.05, 4.69) is 0 Å². The molecule has 1 aliphatic carbocycles. The Balaban J connectivity index is 2.36. The first-order chi connectivity index (χ1) is 7.51. The topological polar surface area (TPSA) is 54.4 Å². The highest BCUT2D eigenvalue weighted by atomic mass is 32.2. The molecule has 3 nitrogen and oxygen atoms in total. The van der Waals surface area contributed by atoms with Crippen LogP contribution in [0.2, 0.25) is 0 Å². The van der Waals surface area contributed by atoms with Gasteiger partial charge in [-0.15, -0.1) is 0 Å². The number of aliphatic hydroxyl groups is 1. The van der Waals surface area contributed by atoms with E-state index in [4.69, 9.17) is 0 Å². The summed E-state index contributed by atoms with van der Waals surface area (Å²) in [5.74, 6) is -0.719. The molecular weight excluding hydrogens is 231 g/mol. The Bertz CT molecular complexity index is 484. The molecule has 1 N–H and O–H groups in total. The zero-order chi connectivity index (χ0) is 11.8. The number of hydrogen-bond acceptors (Lipinski definition) is 3. The van der Waals surface area contributed by atoms with Crippen molar-refractivity contribution in [1.29, 1.82) is 0 Å². The minimum atomic E-state index is -3.64. The molecule has 5 heteroatoms. The molecule has 1 fully saturated rings. The van der Waals surface area contributed by atoms with Crippen LogP contribution in [0.4, 0.5) is 4.39 Å². The summed E-state index contributed by atoms with van der Waals surface area (Å²) in [6.45, 7) is 0. The number of aliphatic hydroxyl groups excluding tert-OH is 1. The van der Waals surface area contributed by atoms with Gasteiger partial charge in [0.05, 0.1) is 11.4 Å². The van der Waals surface area contributed by atoms with Gasteiger partial charge in [0, 0.05) is 0 Å². The first kappa shape index (κ1) is 11.5. The van der Waals surface area contributed by atoms with Crippen LogP contribution in [0.5, 0.6) is 0 Å². The molecule has 1 aromatic rings. The third-order valence-electron chi connectivity index (χ3n) is 2.94. The second-order valence-electron chi connectivity index (χ2n) is 4.06. The maximum absolute atomic E-state index is 13.4.